The van der Waals surface area contributed by atoms with E-state index in [1.165, 1.54) is 29.4 Å². The molecule has 2 heterocycles. The van der Waals surface area contributed by atoms with Gasteiger partial charge in [0.2, 0.25) is 0 Å². The largest absolute Gasteiger partial charge is 0.495 e. The summed E-state index contributed by atoms with van der Waals surface area (Å²) in [5.74, 6) is 1.24. The third-order valence-corrected chi connectivity index (χ3v) is 6.04. The minimum Gasteiger partial charge on any atom is -0.399 e. The van der Waals surface area contributed by atoms with Gasteiger partial charge >= 0.3 is 7.12 Å². The van der Waals surface area contributed by atoms with E-state index in [9.17, 15) is 0 Å². The van der Waals surface area contributed by atoms with Gasteiger partial charge in [0, 0.05) is 12.5 Å². The first kappa shape index (κ1) is 15.7. The maximum Gasteiger partial charge on any atom is 0.495 e. The van der Waals surface area contributed by atoms with Crippen LogP contribution in [0.1, 0.15) is 69.9 Å². The number of benzene rings is 1. The highest BCUT2D eigenvalue weighted by molar-refractivity contribution is 6.62. The summed E-state index contributed by atoms with van der Waals surface area (Å²) in [6.45, 7) is 10.2. The van der Waals surface area contributed by atoms with E-state index in [2.05, 4.69) is 45.9 Å². The molecule has 0 amide bonds. The predicted octanol–water partition coefficient (Wildman–Crippen LogP) is 3.37. The van der Waals surface area contributed by atoms with Crippen molar-refractivity contribution in [2.75, 3.05) is 13.2 Å². The van der Waals surface area contributed by atoms with Crippen molar-refractivity contribution in [2.45, 2.75) is 70.0 Å². The fourth-order valence-corrected chi connectivity index (χ4v) is 3.58. The van der Waals surface area contributed by atoms with Gasteiger partial charge in [0.25, 0.3) is 0 Å². The Morgan fingerprint density at radius 1 is 0.957 bits per heavy atom. The van der Waals surface area contributed by atoms with E-state index >= 15 is 0 Å². The van der Waals surface area contributed by atoms with E-state index in [4.69, 9.17) is 14.0 Å². The Balaban J connectivity index is 1.66. The summed E-state index contributed by atoms with van der Waals surface area (Å²) in [7, 11) is -0.246. The minimum absolute atomic E-state index is 0.246. The van der Waals surface area contributed by atoms with E-state index in [0.717, 1.165) is 19.6 Å². The quantitative estimate of drug-likeness (QED) is 0.801. The molecular formula is C19H27BO3. The van der Waals surface area contributed by atoms with Crippen LogP contribution in [-0.4, -0.2) is 31.5 Å². The van der Waals surface area contributed by atoms with Crippen molar-refractivity contribution >= 4 is 12.6 Å². The first-order valence-corrected chi connectivity index (χ1v) is 8.94. The Hall–Kier alpha value is -0.835. The smallest absolute Gasteiger partial charge is 0.399 e. The molecule has 1 aromatic carbocycles. The number of rotatable bonds is 3. The molecule has 3 nitrogen and oxygen atoms in total. The second-order valence-electron chi connectivity index (χ2n) is 8.31. The lowest BCUT2D eigenvalue weighted by atomic mass is 9.73. The van der Waals surface area contributed by atoms with Gasteiger partial charge in [-0.15, -0.1) is 0 Å². The SMILES string of the molecule is CC1(C)OB(c2ccc(C3CCOC3)cc2C2CC2)OC1(C)C. The zero-order valence-electron chi connectivity index (χ0n) is 14.7. The molecule has 4 rings (SSSR count). The van der Waals surface area contributed by atoms with Crippen LogP contribution in [-0.2, 0) is 14.0 Å². The van der Waals surface area contributed by atoms with Crippen molar-refractivity contribution in [3.05, 3.63) is 29.3 Å². The van der Waals surface area contributed by atoms with Crippen LogP contribution in [0.2, 0.25) is 0 Å². The lowest BCUT2D eigenvalue weighted by Gasteiger charge is -2.32. The molecule has 0 spiro atoms. The van der Waals surface area contributed by atoms with Gasteiger partial charge in [0.1, 0.15) is 0 Å². The standard InChI is InChI=1S/C19H27BO3/c1-18(2)19(3,4)23-20(22-18)17-8-7-14(15-9-10-21-12-15)11-16(17)13-5-6-13/h7-8,11,13,15H,5-6,9-10,12H2,1-4H3. The molecule has 3 fully saturated rings. The molecule has 1 aliphatic carbocycles. The van der Waals surface area contributed by atoms with Crippen LogP contribution in [0.5, 0.6) is 0 Å². The molecule has 23 heavy (non-hydrogen) atoms. The van der Waals surface area contributed by atoms with Crippen molar-refractivity contribution in [1.82, 2.24) is 0 Å². The summed E-state index contributed by atoms with van der Waals surface area (Å²) < 4.78 is 18.1. The lowest BCUT2D eigenvalue weighted by Crippen LogP contribution is -2.41. The molecule has 0 bridgehead atoms. The van der Waals surface area contributed by atoms with E-state index in [1.54, 1.807) is 0 Å². The summed E-state index contributed by atoms with van der Waals surface area (Å²) >= 11 is 0. The topological polar surface area (TPSA) is 27.7 Å². The van der Waals surface area contributed by atoms with Gasteiger partial charge in [-0.25, -0.2) is 0 Å². The van der Waals surface area contributed by atoms with Crippen molar-refractivity contribution < 1.29 is 14.0 Å². The fourth-order valence-electron chi connectivity index (χ4n) is 3.58. The molecule has 3 aliphatic rings. The van der Waals surface area contributed by atoms with Gasteiger partial charge in [-0.05, 0) is 69.5 Å². The summed E-state index contributed by atoms with van der Waals surface area (Å²) in [4.78, 5) is 0. The van der Waals surface area contributed by atoms with Gasteiger partial charge in [-0.3, -0.25) is 0 Å². The van der Waals surface area contributed by atoms with Crippen LogP contribution >= 0.6 is 0 Å². The molecule has 1 saturated carbocycles. The van der Waals surface area contributed by atoms with Crippen molar-refractivity contribution in [3.8, 4) is 0 Å². The van der Waals surface area contributed by atoms with Crippen LogP contribution in [0.4, 0.5) is 0 Å². The molecule has 1 aromatic rings. The third kappa shape index (κ3) is 2.75. The van der Waals surface area contributed by atoms with E-state index in [0.29, 0.717) is 11.8 Å². The molecule has 2 saturated heterocycles. The molecule has 2 aliphatic heterocycles. The maximum absolute atomic E-state index is 6.29. The van der Waals surface area contributed by atoms with Gasteiger partial charge in [-0.2, -0.15) is 0 Å². The second kappa shape index (κ2) is 5.33. The zero-order valence-corrected chi connectivity index (χ0v) is 14.7. The molecule has 4 heteroatoms. The summed E-state index contributed by atoms with van der Waals surface area (Å²) in [5, 5.41) is 0. The van der Waals surface area contributed by atoms with Crippen LogP contribution in [0, 0.1) is 0 Å². The summed E-state index contributed by atoms with van der Waals surface area (Å²) in [6.07, 6.45) is 3.72. The Labute approximate surface area is 139 Å². The lowest BCUT2D eigenvalue weighted by molar-refractivity contribution is 0.00578. The molecule has 124 valence electrons. The average Bonchev–Trinajstić information content (AvgIpc) is 3.13. The van der Waals surface area contributed by atoms with E-state index in [1.807, 2.05) is 0 Å². The van der Waals surface area contributed by atoms with Crippen LogP contribution in [0.3, 0.4) is 0 Å². The van der Waals surface area contributed by atoms with Crippen LogP contribution < -0.4 is 5.46 Å². The van der Waals surface area contributed by atoms with Crippen molar-refractivity contribution in [1.29, 1.82) is 0 Å². The Morgan fingerprint density at radius 3 is 2.22 bits per heavy atom. The van der Waals surface area contributed by atoms with Crippen molar-refractivity contribution in [2.24, 2.45) is 0 Å². The molecule has 1 unspecified atom stereocenters. The number of hydrogen-bond donors (Lipinski definition) is 0. The van der Waals surface area contributed by atoms with Crippen LogP contribution in [0.25, 0.3) is 0 Å². The van der Waals surface area contributed by atoms with Gasteiger partial charge in [-0.1, -0.05) is 18.2 Å². The normalized spacial score (nSPS) is 29.2. The van der Waals surface area contributed by atoms with E-state index in [-0.39, 0.29) is 18.3 Å². The molecule has 0 N–H and O–H groups in total. The van der Waals surface area contributed by atoms with Crippen LogP contribution in [0.15, 0.2) is 18.2 Å². The second-order valence-corrected chi connectivity index (χ2v) is 8.31. The fraction of sp³-hybridized carbons (Fsp3) is 0.684. The summed E-state index contributed by atoms with van der Waals surface area (Å²) in [6, 6.07) is 6.90. The molecule has 0 radical (unpaired) electrons. The summed E-state index contributed by atoms with van der Waals surface area (Å²) in [5.41, 5.74) is 3.53. The molecule has 1 atom stereocenters. The number of hydrogen-bond acceptors (Lipinski definition) is 3. The highest BCUT2D eigenvalue weighted by Crippen LogP contribution is 2.42. The van der Waals surface area contributed by atoms with E-state index < -0.39 is 0 Å². The Morgan fingerprint density at radius 2 is 1.65 bits per heavy atom. The zero-order chi connectivity index (χ0) is 16.2. The maximum atomic E-state index is 6.29. The predicted molar refractivity (Wildman–Crippen MR) is 92.3 cm³/mol. The highest BCUT2D eigenvalue weighted by Gasteiger charge is 2.52. The highest BCUT2D eigenvalue weighted by atomic mass is 16.7. The van der Waals surface area contributed by atoms with Gasteiger partial charge < -0.3 is 14.0 Å². The van der Waals surface area contributed by atoms with Gasteiger partial charge in [0.05, 0.1) is 17.8 Å². The Kier molecular flexibility index (Phi) is 3.64. The molecular weight excluding hydrogens is 287 g/mol. The average molecular weight is 314 g/mol. The molecule has 0 aromatic heterocycles. The number of ether oxygens (including phenoxy) is 1. The van der Waals surface area contributed by atoms with Gasteiger partial charge in [0.15, 0.2) is 0 Å². The minimum atomic E-state index is -0.281. The Bertz CT molecular complexity index is 585. The first-order valence-electron chi connectivity index (χ1n) is 8.94. The van der Waals surface area contributed by atoms with Crippen molar-refractivity contribution in [3.63, 3.8) is 0 Å². The first-order chi connectivity index (χ1) is 10.9. The monoisotopic (exact) mass is 314 g/mol. The third-order valence-electron chi connectivity index (χ3n) is 6.04.